The van der Waals surface area contributed by atoms with Gasteiger partial charge in [-0.25, -0.2) is 0 Å². The fourth-order valence-electron chi connectivity index (χ4n) is 4.80. The normalized spacial score (nSPS) is 12.4. The van der Waals surface area contributed by atoms with Gasteiger partial charge in [-0.2, -0.15) is 0 Å². The molecule has 0 bridgehead atoms. The van der Waals surface area contributed by atoms with Crippen molar-refractivity contribution in [2.24, 2.45) is 0 Å². The summed E-state index contributed by atoms with van der Waals surface area (Å²) in [5.74, 6) is 0.0571. The molecule has 0 atom stereocenters. The number of fused-ring (bicyclic) bond motifs is 1. The molecule has 3 amide bonds. The summed E-state index contributed by atoms with van der Waals surface area (Å²) in [6.07, 6.45) is 3.95. The molecule has 1 aliphatic rings. The first-order valence-corrected chi connectivity index (χ1v) is 15.5. The largest absolute Gasteiger partial charge is 0.348 e. The highest BCUT2D eigenvalue weighted by molar-refractivity contribution is 7.99. The summed E-state index contributed by atoms with van der Waals surface area (Å²) in [4.78, 5) is 40.1. The summed E-state index contributed by atoms with van der Waals surface area (Å²) >= 11 is 2.76. The first-order valence-electron chi connectivity index (χ1n) is 13.7. The molecule has 0 saturated carbocycles. The molecule has 0 radical (unpaired) electrons. The number of nitrogens with zero attached hydrogens (tertiary/aromatic N) is 3. The number of para-hydroxylation sites is 1. The van der Waals surface area contributed by atoms with Crippen LogP contribution < -0.4 is 16.0 Å². The van der Waals surface area contributed by atoms with Crippen LogP contribution in [0.3, 0.4) is 0 Å². The number of amides is 3. The molecule has 0 fully saturated rings. The maximum absolute atomic E-state index is 13.3. The Hall–Kier alpha value is -3.96. The van der Waals surface area contributed by atoms with Crippen molar-refractivity contribution in [1.82, 2.24) is 20.1 Å². The number of carbonyl (C=O) groups excluding carboxylic acids is 3. The monoisotopic (exact) mass is 588 g/mol. The summed E-state index contributed by atoms with van der Waals surface area (Å²) in [6, 6.07) is 19.0. The molecule has 3 N–H and O–H groups in total. The maximum atomic E-state index is 13.3. The van der Waals surface area contributed by atoms with E-state index in [-0.39, 0.29) is 29.9 Å². The fraction of sp³-hybridized carbons (Fsp3) is 0.300. The zero-order chi connectivity index (χ0) is 28.6. The first-order chi connectivity index (χ1) is 20.0. The third-order valence-electron chi connectivity index (χ3n) is 6.77. The van der Waals surface area contributed by atoms with Crippen molar-refractivity contribution in [3.8, 4) is 0 Å². The van der Waals surface area contributed by atoms with Crippen LogP contribution in [-0.4, -0.2) is 38.2 Å². The van der Waals surface area contributed by atoms with E-state index in [9.17, 15) is 14.4 Å². The van der Waals surface area contributed by atoms with E-state index >= 15 is 0 Å². The fourth-order valence-corrected chi connectivity index (χ4v) is 6.92. The van der Waals surface area contributed by atoms with Gasteiger partial charge in [0.2, 0.25) is 11.8 Å². The molecule has 4 aromatic rings. The Kier molecular flexibility index (Phi) is 9.48. The number of aryl methyl sites for hydroxylation is 1. The van der Waals surface area contributed by atoms with Gasteiger partial charge in [-0.3, -0.25) is 14.4 Å². The summed E-state index contributed by atoms with van der Waals surface area (Å²) in [6.45, 7) is 2.93. The van der Waals surface area contributed by atoms with Crippen molar-refractivity contribution in [1.29, 1.82) is 0 Å². The number of rotatable bonds is 11. The van der Waals surface area contributed by atoms with Gasteiger partial charge < -0.3 is 20.5 Å². The summed E-state index contributed by atoms with van der Waals surface area (Å²) in [5.41, 5.74) is 3.37. The molecular formula is C30H32N6O3S2. The van der Waals surface area contributed by atoms with Crippen LogP contribution in [0.2, 0.25) is 0 Å². The lowest BCUT2D eigenvalue weighted by Crippen LogP contribution is -2.25. The zero-order valence-corrected chi connectivity index (χ0v) is 24.4. The molecule has 2 aromatic heterocycles. The minimum absolute atomic E-state index is 0.0741. The number of thioether (sulfide) groups is 1. The number of hydrogen-bond acceptors (Lipinski definition) is 7. The van der Waals surface area contributed by atoms with Crippen LogP contribution in [0.25, 0.3) is 0 Å². The number of aromatic nitrogens is 3. The maximum Gasteiger partial charge on any atom is 0.254 e. The number of thiophene rings is 1. The van der Waals surface area contributed by atoms with Crippen molar-refractivity contribution >= 4 is 51.5 Å². The van der Waals surface area contributed by atoms with E-state index < -0.39 is 0 Å². The highest BCUT2D eigenvalue weighted by Gasteiger charge is 2.26. The smallest absolute Gasteiger partial charge is 0.254 e. The predicted octanol–water partition coefficient (Wildman–Crippen LogP) is 5.08. The molecule has 1 aliphatic carbocycles. The highest BCUT2D eigenvalue weighted by atomic mass is 32.2. The molecule has 41 heavy (non-hydrogen) atoms. The van der Waals surface area contributed by atoms with E-state index in [4.69, 9.17) is 0 Å². The van der Waals surface area contributed by atoms with Crippen LogP contribution in [0.1, 0.15) is 52.0 Å². The van der Waals surface area contributed by atoms with Crippen molar-refractivity contribution in [2.75, 3.05) is 16.4 Å². The van der Waals surface area contributed by atoms with Gasteiger partial charge in [-0.1, -0.05) is 60.3 Å². The molecule has 2 heterocycles. The predicted molar refractivity (Wildman–Crippen MR) is 162 cm³/mol. The number of nitrogens with one attached hydrogen (secondary N) is 3. The Morgan fingerprint density at radius 3 is 2.41 bits per heavy atom. The highest BCUT2D eigenvalue weighted by Crippen LogP contribution is 2.38. The second kappa shape index (κ2) is 13.6. The second-order valence-electron chi connectivity index (χ2n) is 9.65. The van der Waals surface area contributed by atoms with E-state index in [1.165, 1.54) is 28.0 Å². The van der Waals surface area contributed by atoms with Crippen LogP contribution in [0.5, 0.6) is 0 Å². The van der Waals surface area contributed by atoms with Crippen molar-refractivity contribution in [2.45, 2.75) is 57.3 Å². The number of benzene rings is 2. The van der Waals surface area contributed by atoms with Gasteiger partial charge in [0.15, 0.2) is 5.16 Å². The Bertz CT molecular complexity index is 1520. The van der Waals surface area contributed by atoms with Gasteiger partial charge in [-0.05, 0) is 55.9 Å². The number of carbonyl (C=O) groups is 3. The van der Waals surface area contributed by atoms with Crippen LogP contribution in [-0.2, 0) is 41.9 Å². The van der Waals surface area contributed by atoms with Crippen molar-refractivity contribution in [3.05, 3.63) is 88.1 Å². The summed E-state index contributed by atoms with van der Waals surface area (Å²) in [5, 5.41) is 18.5. The molecule has 11 heteroatoms. The molecule has 0 spiro atoms. The van der Waals surface area contributed by atoms with Crippen LogP contribution in [0.15, 0.2) is 65.8 Å². The standard InChI is InChI=1S/C30H32N6O3S2/c1-2-36-24(17-25(37)32-21-13-7-4-8-14-21)34-35-30(36)40-19-26(38)33-29-27(22-15-9-10-16-23(22)41-29)28(39)31-18-20-11-5-3-6-12-20/h3-8,11-14H,2,9-10,15-19H2,1H3,(H,31,39)(H,32,37)(H,33,38). The molecule has 212 valence electrons. The first kappa shape index (κ1) is 28.6. The zero-order valence-electron chi connectivity index (χ0n) is 22.8. The average Bonchev–Trinajstić information content (AvgIpc) is 3.55. The lowest BCUT2D eigenvalue weighted by Gasteiger charge is -2.13. The molecule has 0 saturated heterocycles. The quantitative estimate of drug-likeness (QED) is 0.210. The SMILES string of the molecule is CCn1c(CC(=O)Nc2ccccc2)nnc1SCC(=O)Nc1sc2c(c1C(=O)NCc1ccccc1)CCCC2. The second-order valence-corrected chi connectivity index (χ2v) is 11.7. The summed E-state index contributed by atoms with van der Waals surface area (Å²) in [7, 11) is 0. The molecule has 5 rings (SSSR count). The van der Waals surface area contributed by atoms with Crippen LogP contribution in [0.4, 0.5) is 10.7 Å². The van der Waals surface area contributed by atoms with Crippen molar-refractivity contribution < 1.29 is 14.4 Å². The van der Waals surface area contributed by atoms with Gasteiger partial charge in [0.1, 0.15) is 10.8 Å². The van der Waals surface area contributed by atoms with Gasteiger partial charge in [-0.15, -0.1) is 21.5 Å². The Morgan fingerprint density at radius 1 is 0.927 bits per heavy atom. The van der Waals surface area contributed by atoms with Crippen LogP contribution in [0, 0.1) is 0 Å². The van der Waals surface area contributed by atoms with Crippen molar-refractivity contribution in [3.63, 3.8) is 0 Å². The number of hydrogen-bond donors (Lipinski definition) is 3. The lowest BCUT2D eigenvalue weighted by atomic mass is 9.95. The molecule has 2 aromatic carbocycles. The van der Waals surface area contributed by atoms with E-state index in [0.29, 0.717) is 34.6 Å². The molecule has 0 aliphatic heterocycles. The van der Waals surface area contributed by atoms with E-state index in [2.05, 4.69) is 26.1 Å². The minimum Gasteiger partial charge on any atom is -0.348 e. The van der Waals surface area contributed by atoms with Gasteiger partial charge >= 0.3 is 0 Å². The van der Waals surface area contributed by atoms with E-state index in [1.54, 1.807) is 0 Å². The number of anilines is 2. The van der Waals surface area contributed by atoms with E-state index in [0.717, 1.165) is 42.5 Å². The van der Waals surface area contributed by atoms with Gasteiger partial charge in [0, 0.05) is 23.7 Å². The minimum atomic E-state index is -0.222. The third kappa shape index (κ3) is 7.22. The third-order valence-corrected chi connectivity index (χ3v) is 8.94. The Morgan fingerprint density at radius 2 is 1.66 bits per heavy atom. The van der Waals surface area contributed by atoms with E-state index in [1.807, 2.05) is 72.2 Å². The topological polar surface area (TPSA) is 118 Å². The molecular weight excluding hydrogens is 557 g/mol. The lowest BCUT2D eigenvalue weighted by molar-refractivity contribution is -0.116. The Labute approximate surface area is 247 Å². The Balaban J connectivity index is 1.22. The van der Waals surface area contributed by atoms with Crippen LogP contribution >= 0.6 is 23.1 Å². The van der Waals surface area contributed by atoms with Gasteiger partial charge in [0.05, 0.1) is 17.7 Å². The molecule has 0 unspecified atom stereocenters. The average molecular weight is 589 g/mol. The molecule has 9 nitrogen and oxygen atoms in total. The summed E-state index contributed by atoms with van der Waals surface area (Å²) < 4.78 is 1.84. The van der Waals surface area contributed by atoms with Gasteiger partial charge in [0.25, 0.3) is 5.91 Å².